The van der Waals surface area contributed by atoms with E-state index in [-0.39, 0.29) is 22.8 Å². The van der Waals surface area contributed by atoms with Gasteiger partial charge in [0, 0.05) is 6.61 Å². The van der Waals surface area contributed by atoms with Gasteiger partial charge in [0.25, 0.3) is 8.32 Å². The number of carboxylic acids is 1. The molecule has 3 aromatic carbocycles. The van der Waals surface area contributed by atoms with Crippen LogP contribution < -0.4 is 15.1 Å². The summed E-state index contributed by atoms with van der Waals surface area (Å²) in [6.45, 7) is 6.80. The fourth-order valence-electron chi connectivity index (χ4n) is 4.87. The van der Waals surface area contributed by atoms with Gasteiger partial charge in [0.05, 0.1) is 18.6 Å². The Morgan fingerprint density at radius 3 is 1.89 bits per heavy atom. The number of hydrogen-bond acceptors (Lipinski definition) is 3. The molecule has 198 valence electrons. The van der Waals surface area contributed by atoms with Gasteiger partial charge < -0.3 is 14.3 Å². The number of aliphatic carboxylic acids is 1. The number of carbonyl (C=O) groups is 1. The molecule has 0 bridgehead atoms. The molecule has 8 heteroatoms. The van der Waals surface area contributed by atoms with Gasteiger partial charge in [-0.15, -0.1) is 0 Å². The van der Waals surface area contributed by atoms with Gasteiger partial charge in [0.2, 0.25) is 0 Å². The molecule has 0 fully saturated rings. The van der Waals surface area contributed by atoms with Gasteiger partial charge in [-0.2, -0.15) is 13.2 Å². The van der Waals surface area contributed by atoms with Crippen LogP contribution in [0.5, 0.6) is 5.75 Å². The number of methoxy groups -OCH3 is 1. The summed E-state index contributed by atoms with van der Waals surface area (Å²) in [6, 6.07) is 23.5. The van der Waals surface area contributed by atoms with Crippen LogP contribution in [0, 0.1) is 0 Å². The molecule has 0 heterocycles. The van der Waals surface area contributed by atoms with Crippen LogP contribution in [0.25, 0.3) is 0 Å². The quantitative estimate of drug-likeness (QED) is 0.249. The van der Waals surface area contributed by atoms with Gasteiger partial charge in [0.1, 0.15) is 5.75 Å². The monoisotopic (exact) mass is 530 g/mol. The lowest BCUT2D eigenvalue weighted by Gasteiger charge is -2.43. The highest BCUT2D eigenvalue weighted by atomic mass is 28.4. The number of hydrogen-bond donors (Lipinski definition) is 1. The molecule has 0 saturated heterocycles. The topological polar surface area (TPSA) is 55.8 Å². The lowest BCUT2D eigenvalue weighted by atomic mass is 9.93. The summed E-state index contributed by atoms with van der Waals surface area (Å²) >= 11 is 0. The molecule has 0 aliphatic rings. The average Bonchev–Trinajstić information content (AvgIpc) is 2.85. The second kappa shape index (κ2) is 11.5. The molecule has 1 atom stereocenters. The van der Waals surface area contributed by atoms with Gasteiger partial charge in [-0.3, -0.25) is 4.79 Å². The average molecular weight is 531 g/mol. The summed E-state index contributed by atoms with van der Waals surface area (Å²) in [6.07, 6.45) is -3.96. The van der Waals surface area contributed by atoms with Gasteiger partial charge in [-0.25, -0.2) is 0 Å². The molecule has 1 N–H and O–H groups in total. The fourth-order valence-corrected chi connectivity index (χ4v) is 9.47. The highest BCUT2D eigenvalue weighted by Crippen LogP contribution is 2.39. The molecule has 4 nitrogen and oxygen atoms in total. The van der Waals surface area contributed by atoms with E-state index in [1.54, 1.807) is 0 Å². The Morgan fingerprint density at radius 2 is 1.46 bits per heavy atom. The first-order chi connectivity index (χ1) is 17.4. The standard InChI is InChI=1S/C29H33F3O4Si/c1-28(2,3)37(22-12-7-5-8-13-22,23-14-9-6-10-15-23)36-19-11-16-24(27(33)34)21-17-18-25(29(30,31)32)26(20-21)35-4/h5-10,12-15,17-18,20,24H,11,16,19H2,1-4H3,(H,33,34). The van der Waals surface area contributed by atoms with Crippen molar-refractivity contribution in [3.05, 3.63) is 90.0 Å². The van der Waals surface area contributed by atoms with Crippen molar-refractivity contribution in [3.63, 3.8) is 0 Å². The van der Waals surface area contributed by atoms with Crippen LogP contribution in [0.15, 0.2) is 78.9 Å². The van der Waals surface area contributed by atoms with Crippen LogP contribution in [0.3, 0.4) is 0 Å². The number of ether oxygens (including phenoxy) is 1. The summed E-state index contributed by atoms with van der Waals surface area (Å²) in [4.78, 5) is 12.1. The molecule has 0 aromatic heterocycles. The summed E-state index contributed by atoms with van der Waals surface area (Å²) in [5.41, 5.74) is -0.666. The molecule has 1 unspecified atom stereocenters. The fraction of sp³-hybridized carbons (Fsp3) is 0.345. The molecule has 3 rings (SSSR count). The summed E-state index contributed by atoms with van der Waals surface area (Å²) in [7, 11) is -1.62. The maximum absolute atomic E-state index is 13.3. The van der Waals surface area contributed by atoms with Crippen molar-refractivity contribution in [2.24, 2.45) is 0 Å². The zero-order chi connectivity index (χ0) is 27.3. The minimum Gasteiger partial charge on any atom is -0.496 e. The largest absolute Gasteiger partial charge is 0.496 e. The second-order valence-corrected chi connectivity index (χ2v) is 14.3. The molecular weight excluding hydrogens is 497 g/mol. The maximum atomic E-state index is 13.3. The Morgan fingerprint density at radius 1 is 0.919 bits per heavy atom. The van der Waals surface area contributed by atoms with Crippen LogP contribution in [-0.4, -0.2) is 33.1 Å². The third kappa shape index (κ3) is 6.25. The van der Waals surface area contributed by atoms with Gasteiger partial charge in [-0.1, -0.05) is 87.5 Å². The predicted molar refractivity (Wildman–Crippen MR) is 141 cm³/mol. The molecule has 0 saturated carbocycles. The molecular formula is C29H33F3O4Si. The van der Waals surface area contributed by atoms with Crippen molar-refractivity contribution >= 4 is 24.7 Å². The van der Waals surface area contributed by atoms with Crippen molar-refractivity contribution in [2.75, 3.05) is 13.7 Å². The van der Waals surface area contributed by atoms with Crippen LogP contribution in [0.4, 0.5) is 13.2 Å². The Hall–Kier alpha value is -3.10. The van der Waals surface area contributed by atoms with E-state index in [9.17, 15) is 23.1 Å². The number of halogens is 3. The Labute approximate surface area is 217 Å². The summed E-state index contributed by atoms with van der Waals surface area (Å²) < 4.78 is 51.5. The van der Waals surface area contributed by atoms with E-state index >= 15 is 0 Å². The molecule has 0 radical (unpaired) electrons. The molecule has 0 amide bonds. The van der Waals surface area contributed by atoms with E-state index in [1.807, 2.05) is 36.4 Å². The lowest BCUT2D eigenvalue weighted by Crippen LogP contribution is -2.66. The maximum Gasteiger partial charge on any atom is 0.419 e. The molecule has 0 aliphatic carbocycles. The third-order valence-corrected chi connectivity index (χ3v) is 11.6. The number of alkyl halides is 3. The van der Waals surface area contributed by atoms with Crippen molar-refractivity contribution in [1.82, 2.24) is 0 Å². The first kappa shape index (κ1) is 28.5. The van der Waals surface area contributed by atoms with E-state index in [0.29, 0.717) is 13.0 Å². The van der Waals surface area contributed by atoms with E-state index < -0.39 is 31.9 Å². The van der Waals surface area contributed by atoms with E-state index in [0.717, 1.165) is 23.5 Å². The normalized spacial score (nSPS) is 13.3. The first-order valence-corrected chi connectivity index (χ1v) is 14.1. The van der Waals surface area contributed by atoms with Crippen molar-refractivity contribution in [2.45, 2.75) is 50.7 Å². The SMILES string of the molecule is COc1cc(C(CCCO[Si](c2ccccc2)(c2ccccc2)C(C)(C)C)C(=O)O)ccc1C(F)(F)F. The van der Waals surface area contributed by atoms with Crippen LogP contribution in [0.1, 0.15) is 50.7 Å². The highest BCUT2D eigenvalue weighted by molar-refractivity contribution is 6.99. The number of carboxylic acid groups (broad SMARTS) is 1. The van der Waals surface area contributed by atoms with E-state index in [1.165, 1.54) is 12.1 Å². The van der Waals surface area contributed by atoms with Crippen molar-refractivity contribution < 1.29 is 32.2 Å². The Kier molecular flexibility index (Phi) is 8.86. The zero-order valence-electron chi connectivity index (χ0n) is 21.5. The molecule has 0 aliphatic heterocycles. The first-order valence-electron chi connectivity index (χ1n) is 12.1. The van der Waals surface area contributed by atoms with E-state index in [2.05, 4.69) is 45.0 Å². The minimum absolute atomic E-state index is 0.210. The summed E-state index contributed by atoms with van der Waals surface area (Å²) in [5.74, 6) is -2.48. The van der Waals surface area contributed by atoms with Gasteiger partial charge in [-0.05, 0) is 45.9 Å². The van der Waals surface area contributed by atoms with Gasteiger partial charge in [0.15, 0.2) is 0 Å². The third-order valence-electron chi connectivity index (χ3n) is 6.60. The van der Waals surface area contributed by atoms with E-state index in [4.69, 9.17) is 9.16 Å². The number of benzene rings is 3. The summed E-state index contributed by atoms with van der Waals surface area (Å²) in [5, 5.41) is 11.9. The highest BCUT2D eigenvalue weighted by Gasteiger charge is 2.50. The molecule has 37 heavy (non-hydrogen) atoms. The molecule has 0 spiro atoms. The number of rotatable bonds is 10. The predicted octanol–water partition coefficient (Wildman–Crippen LogP) is 6.24. The Bertz CT molecular complexity index is 1140. The lowest BCUT2D eigenvalue weighted by molar-refractivity contribution is -0.139. The van der Waals surface area contributed by atoms with Crippen LogP contribution in [-0.2, 0) is 15.4 Å². The van der Waals surface area contributed by atoms with Gasteiger partial charge >= 0.3 is 12.1 Å². The second-order valence-electron chi connectivity index (χ2n) is 10.0. The van der Waals surface area contributed by atoms with Crippen molar-refractivity contribution in [3.8, 4) is 5.75 Å². The van der Waals surface area contributed by atoms with Crippen molar-refractivity contribution in [1.29, 1.82) is 0 Å². The minimum atomic E-state index is -4.59. The van der Waals surface area contributed by atoms with Crippen LogP contribution >= 0.6 is 0 Å². The molecule has 3 aromatic rings. The van der Waals surface area contributed by atoms with Crippen LogP contribution in [0.2, 0.25) is 5.04 Å². The Balaban J connectivity index is 1.86. The zero-order valence-corrected chi connectivity index (χ0v) is 22.5. The smallest absolute Gasteiger partial charge is 0.419 e.